The summed E-state index contributed by atoms with van der Waals surface area (Å²) in [4.78, 5) is 25.7. The first-order valence-corrected chi connectivity index (χ1v) is 12.7. The Hall–Kier alpha value is -3.32. The van der Waals surface area contributed by atoms with Crippen LogP contribution in [-0.2, 0) is 26.3 Å². The van der Waals surface area contributed by atoms with E-state index in [1.165, 1.54) is 19.2 Å². The van der Waals surface area contributed by atoms with Crippen LogP contribution < -0.4 is 15.4 Å². The molecule has 13 heteroatoms. The lowest BCUT2D eigenvalue weighted by Crippen LogP contribution is -2.62. The summed E-state index contributed by atoms with van der Waals surface area (Å²) in [5.74, 6) is -1.41. The van der Waals surface area contributed by atoms with Crippen LogP contribution >= 0.6 is 11.6 Å². The molecule has 1 aliphatic rings. The molecule has 2 atom stereocenters. The number of anilines is 1. The number of carbonyl (C=O) groups is 2. The van der Waals surface area contributed by atoms with Crippen molar-refractivity contribution in [1.82, 2.24) is 19.5 Å². The predicted molar refractivity (Wildman–Crippen MR) is 131 cm³/mol. The van der Waals surface area contributed by atoms with Crippen LogP contribution in [0.25, 0.3) is 11.3 Å². The van der Waals surface area contributed by atoms with Crippen molar-refractivity contribution in [2.24, 2.45) is 0 Å². The van der Waals surface area contributed by atoms with Crippen LogP contribution in [0.15, 0.2) is 53.1 Å². The van der Waals surface area contributed by atoms with Gasteiger partial charge in [-0.1, -0.05) is 47.1 Å². The first kappa shape index (κ1) is 25.8. The number of halogens is 2. The van der Waals surface area contributed by atoms with Crippen molar-refractivity contribution in [3.05, 3.63) is 70.6 Å². The molecule has 3 aromatic rings. The van der Waals surface area contributed by atoms with Crippen molar-refractivity contribution in [1.29, 1.82) is 0 Å². The standard InChI is InChI=1S/C23H23ClFN5O5S/c1-13-19(28-35-21(13)14-6-4-3-5-7-14)12-26-22(31)18-11-20(30(2)36(33,34)29-18)23(32)27-15-8-9-17(25)16(24)10-15/h3-10,18,20,29H,11-12H2,1-2H3,(H,26,31)(H,27,32). The van der Waals surface area contributed by atoms with E-state index in [1.807, 2.05) is 30.3 Å². The Balaban J connectivity index is 1.44. The van der Waals surface area contributed by atoms with Gasteiger partial charge in [0.05, 0.1) is 11.6 Å². The van der Waals surface area contributed by atoms with E-state index in [0.29, 0.717) is 11.5 Å². The van der Waals surface area contributed by atoms with E-state index in [-0.39, 0.29) is 23.7 Å². The second kappa shape index (κ2) is 10.3. The van der Waals surface area contributed by atoms with E-state index in [9.17, 15) is 22.4 Å². The summed E-state index contributed by atoms with van der Waals surface area (Å²) in [5, 5.41) is 8.98. The minimum absolute atomic E-state index is 0.00000870. The SMILES string of the molecule is Cc1c(CNC(=O)C2CC(C(=O)Nc3ccc(F)c(Cl)c3)N(C)S(=O)(=O)N2)noc1-c1ccccc1. The molecule has 0 aliphatic carbocycles. The first-order chi connectivity index (χ1) is 17.1. The molecule has 4 rings (SSSR count). The molecule has 0 saturated carbocycles. The Labute approximate surface area is 212 Å². The third-order valence-electron chi connectivity index (χ3n) is 5.86. The quantitative estimate of drug-likeness (QED) is 0.444. The van der Waals surface area contributed by atoms with E-state index in [2.05, 4.69) is 20.5 Å². The van der Waals surface area contributed by atoms with Gasteiger partial charge in [-0.25, -0.2) is 4.39 Å². The number of aromatic nitrogens is 1. The average molecular weight is 536 g/mol. The summed E-state index contributed by atoms with van der Waals surface area (Å²) >= 11 is 5.75. The van der Waals surface area contributed by atoms with Crippen LogP contribution in [0.1, 0.15) is 17.7 Å². The zero-order chi connectivity index (χ0) is 26.0. The van der Waals surface area contributed by atoms with Gasteiger partial charge in [-0.2, -0.15) is 17.4 Å². The smallest absolute Gasteiger partial charge is 0.280 e. The van der Waals surface area contributed by atoms with Gasteiger partial charge >= 0.3 is 0 Å². The van der Waals surface area contributed by atoms with E-state index in [1.54, 1.807) is 6.92 Å². The molecule has 1 fully saturated rings. The normalized spacial score (nSPS) is 19.6. The van der Waals surface area contributed by atoms with Crippen molar-refractivity contribution in [3.63, 3.8) is 0 Å². The highest BCUT2D eigenvalue weighted by Gasteiger charge is 2.42. The van der Waals surface area contributed by atoms with Crippen LogP contribution in [0.5, 0.6) is 0 Å². The lowest BCUT2D eigenvalue weighted by Gasteiger charge is -2.35. The summed E-state index contributed by atoms with van der Waals surface area (Å²) in [7, 11) is -2.91. The summed E-state index contributed by atoms with van der Waals surface area (Å²) in [6, 6.07) is 10.5. The van der Waals surface area contributed by atoms with Crippen LogP contribution in [0, 0.1) is 12.7 Å². The molecule has 0 spiro atoms. The van der Waals surface area contributed by atoms with Gasteiger partial charge in [-0.3, -0.25) is 9.59 Å². The number of carbonyl (C=O) groups excluding carboxylic acids is 2. The molecule has 1 aromatic heterocycles. The van der Waals surface area contributed by atoms with Crippen molar-refractivity contribution < 1.29 is 26.9 Å². The highest BCUT2D eigenvalue weighted by Crippen LogP contribution is 2.26. The summed E-state index contributed by atoms with van der Waals surface area (Å²) in [5.41, 5.74) is 2.24. The third-order valence-corrected chi connectivity index (χ3v) is 7.75. The maximum Gasteiger partial charge on any atom is 0.280 e. The fourth-order valence-electron chi connectivity index (χ4n) is 3.77. The molecule has 2 unspecified atom stereocenters. The maximum absolute atomic E-state index is 13.4. The van der Waals surface area contributed by atoms with Crippen LogP contribution in [0.4, 0.5) is 10.1 Å². The fraction of sp³-hybridized carbons (Fsp3) is 0.261. The Bertz CT molecular complexity index is 1400. The fourth-order valence-corrected chi connectivity index (χ4v) is 5.20. The highest BCUT2D eigenvalue weighted by molar-refractivity contribution is 7.87. The molecule has 2 heterocycles. The Kier molecular flexibility index (Phi) is 7.41. The van der Waals surface area contributed by atoms with Crippen LogP contribution in [0.2, 0.25) is 5.02 Å². The maximum atomic E-state index is 13.4. The van der Waals surface area contributed by atoms with E-state index < -0.39 is 39.9 Å². The third kappa shape index (κ3) is 5.41. The Morgan fingerprint density at radius 2 is 1.94 bits per heavy atom. The number of nitrogens with zero attached hydrogens (tertiary/aromatic N) is 2. The van der Waals surface area contributed by atoms with Crippen molar-refractivity contribution in [2.75, 3.05) is 12.4 Å². The summed E-state index contributed by atoms with van der Waals surface area (Å²) in [6.07, 6.45) is -0.143. The summed E-state index contributed by atoms with van der Waals surface area (Å²) < 4.78 is 47.2. The van der Waals surface area contributed by atoms with Gasteiger partial charge < -0.3 is 15.2 Å². The Morgan fingerprint density at radius 3 is 2.64 bits per heavy atom. The molecule has 10 nitrogen and oxygen atoms in total. The number of hydrogen-bond donors (Lipinski definition) is 3. The molecule has 3 N–H and O–H groups in total. The van der Waals surface area contributed by atoms with Gasteiger partial charge in [0.15, 0.2) is 5.76 Å². The highest BCUT2D eigenvalue weighted by atomic mass is 35.5. The zero-order valence-electron chi connectivity index (χ0n) is 19.3. The minimum Gasteiger partial charge on any atom is -0.356 e. The lowest BCUT2D eigenvalue weighted by atomic mass is 10.1. The number of rotatable bonds is 6. The topological polar surface area (TPSA) is 134 Å². The zero-order valence-corrected chi connectivity index (χ0v) is 20.9. The van der Waals surface area contributed by atoms with Crippen LogP contribution in [0.3, 0.4) is 0 Å². The number of hydrogen-bond acceptors (Lipinski definition) is 6. The number of benzene rings is 2. The van der Waals surface area contributed by atoms with E-state index >= 15 is 0 Å². The molecule has 2 aromatic carbocycles. The monoisotopic (exact) mass is 535 g/mol. The van der Waals surface area contributed by atoms with Crippen molar-refractivity contribution in [3.8, 4) is 11.3 Å². The molecule has 0 bridgehead atoms. The largest absolute Gasteiger partial charge is 0.356 e. The molecular formula is C23H23ClFN5O5S. The van der Waals surface area contributed by atoms with Gasteiger partial charge in [-0.05, 0) is 31.5 Å². The number of nitrogens with one attached hydrogen (secondary N) is 3. The van der Waals surface area contributed by atoms with E-state index in [4.69, 9.17) is 16.1 Å². The predicted octanol–water partition coefficient (Wildman–Crippen LogP) is 2.60. The lowest BCUT2D eigenvalue weighted by molar-refractivity contribution is -0.125. The molecule has 190 valence electrons. The van der Waals surface area contributed by atoms with Gasteiger partial charge in [0.2, 0.25) is 11.8 Å². The Morgan fingerprint density at radius 1 is 1.22 bits per heavy atom. The average Bonchev–Trinajstić information content (AvgIpc) is 3.22. The molecule has 1 aliphatic heterocycles. The summed E-state index contributed by atoms with van der Waals surface area (Å²) in [6.45, 7) is 1.81. The van der Waals surface area contributed by atoms with Gasteiger partial charge in [-0.15, -0.1) is 0 Å². The van der Waals surface area contributed by atoms with E-state index in [0.717, 1.165) is 21.5 Å². The number of amides is 2. The first-order valence-electron chi connectivity index (χ1n) is 10.9. The molecule has 36 heavy (non-hydrogen) atoms. The van der Waals surface area contributed by atoms with Crippen molar-refractivity contribution in [2.45, 2.75) is 32.0 Å². The molecule has 2 amide bonds. The van der Waals surface area contributed by atoms with Gasteiger partial charge in [0, 0.05) is 23.9 Å². The van der Waals surface area contributed by atoms with Gasteiger partial charge in [0.1, 0.15) is 23.6 Å². The van der Waals surface area contributed by atoms with Crippen molar-refractivity contribution >= 4 is 39.3 Å². The van der Waals surface area contributed by atoms with Gasteiger partial charge in [0.25, 0.3) is 10.2 Å². The van der Waals surface area contributed by atoms with Crippen LogP contribution in [-0.4, -0.2) is 48.8 Å². The molecule has 0 radical (unpaired) electrons. The minimum atomic E-state index is -4.14. The molecule has 1 saturated heterocycles. The second-order valence-corrected chi connectivity index (χ2v) is 10.4. The second-order valence-electron chi connectivity index (χ2n) is 8.23. The number of likely N-dealkylation sites (N-methyl/N-ethyl adjacent to an activating group) is 1. The molecular weight excluding hydrogens is 513 g/mol.